The SMILES string of the molecule is CC(=O)C[C@H]1Cc2cccc(C(=O)OC(C)OC(=O)OC(C)C)c2OB1O. The molecule has 27 heavy (non-hydrogen) atoms. The number of para-hydroxylation sites is 1. The van der Waals surface area contributed by atoms with E-state index in [1.807, 2.05) is 0 Å². The summed E-state index contributed by atoms with van der Waals surface area (Å²) in [5.74, 6) is -1.00. The van der Waals surface area contributed by atoms with Crippen LogP contribution in [0.15, 0.2) is 18.2 Å². The third-order valence-electron chi connectivity index (χ3n) is 3.86. The molecular formula is C18H23BO8. The predicted molar refractivity (Wildman–Crippen MR) is 95.4 cm³/mol. The number of fused-ring (bicyclic) bond motifs is 1. The Morgan fingerprint density at radius 3 is 2.56 bits per heavy atom. The van der Waals surface area contributed by atoms with Crippen LogP contribution in [0.3, 0.4) is 0 Å². The minimum absolute atomic E-state index is 0.0547. The summed E-state index contributed by atoms with van der Waals surface area (Å²) in [4.78, 5) is 35.2. The van der Waals surface area contributed by atoms with Gasteiger partial charge in [0.2, 0.25) is 6.29 Å². The molecule has 1 aliphatic rings. The molecule has 1 aromatic carbocycles. The largest absolute Gasteiger partial charge is 0.535 e. The number of ether oxygens (including phenoxy) is 3. The van der Waals surface area contributed by atoms with E-state index in [1.54, 1.807) is 26.0 Å². The lowest BCUT2D eigenvalue weighted by Crippen LogP contribution is -2.35. The monoisotopic (exact) mass is 378 g/mol. The molecule has 0 radical (unpaired) electrons. The van der Waals surface area contributed by atoms with Gasteiger partial charge >= 0.3 is 19.2 Å². The molecule has 0 spiro atoms. The van der Waals surface area contributed by atoms with Gasteiger partial charge in [-0.25, -0.2) is 9.59 Å². The van der Waals surface area contributed by atoms with Crippen LogP contribution < -0.4 is 4.65 Å². The Morgan fingerprint density at radius 2 is 1.93 bits per heavy atom. The van der Waals surface area contributed by atoms with Gasteiger partial charge in [-0.2, -0.15) is 0 Å². The van der Waals surface area contributed by atoms with Gasteiger partial charge in [-0.15, -0.1) is 0 Å². The lowest BCUT2D eigenvalue weighted by molar-refractivity contribution is -0.117. The molecule has 8 nitrogen and oxygen atoms in total. The maximum atomic E-state index is 12.4. The van der Waals surface area contributed by atoms with Crippen molar-refractivity contribution in [1.82, 2.24) is 0 Å². The molecule has 2 atom stereocenters. The van der Waals surface area contributed by atoms with E-state index in [4.69, 9.17) is 18.9 Å². The first-order chi connectivity index (χ1) is 12.7. The molecule has 0 saturated heterocycles. The third kappa shape index (κ3) is 5.72. The van der Waals surface area contributed by atoms with Crippen molar-refractivity contribution in [2.75, 3.05) is 0 Å². The maximum absolute atomic E-state index is 12.4. The molecule has 1 heterocycles. The number of ketones is 1. The van der Waals surface area contributed by atoms with Gasteiger partial charge in [-0.3, -0.25) is 0 Å². The Morgan fingerprint density at radius 1 is 1.22 bits per heavy atom. The number of benzene rings is 1. The van der Waals surface area contributed by atoms with Gasteiger partial charge in [-0.1, -0.05) is 12.1 Å². The Bertz CT molecular complexity index is 717. The number of rotatable bonds is 6. The van der Waals surface area contributed by atoms with E-state index >= 15 is 0 Å². The minimum Gasteiger partial charge on any atom is -0.535 e. The Labute approximate surface area is 157 Å². The zero-order valence-corrected chi connectivity index (χ0v) is 15.8. The molecule has 9 heteroatoms. The van der Waals surface area contributed by atoms with Crippen molar-refractivity contribution in [1.29, 1.82) is 0 Å². The molecule has 0 saturated carbocycles. The summed E-state index contributed by atoms with van der Waals surface area (Å²) in [5, 5.41) is 10.1. The lowest BCUT2D eigenvalue weighted by Gasteiger charge is -2.28. The van der Waals surface area contributed by atoms with E-state index in [2.05, 4.69) is 0 Å². The minimum atomic E-state index is -1.20. The molecule has 1 aliphatic heterocycles. The van der Waals surface area contributed by atoms with Crippen molar-refractivity contribution in [3.05, 3.63) is 29.3 Å². The van der Waals surface area contributed by atoms with Crippen LogP contribution in [-0.4, -0.2) is 42.4 Å². The molecule has 2 rings (SSSR count). The lowest BCUT2D eigenvalue weighted by atomic mass is 9.64. The number of carbonyl (C=O) groups is 3. The van der Waals surface area contributed by atoms with Crippen LogP contribution in [0.2, 0.25) is 5.82 Å². The van der Waals surface area contributed by atoms with Gasteiger partial charge in [0.05, 0.1) is 6.10 Å². The van der Waals surface area contributed by atoms with Crippen LogP contribution in [-0.2, 0) is 25.4 Å². The van der Waals surface area contributed by atoms with Crippen LogP contribution in [0.4, 0.5) is 4.79 Å². The second-order valence-electron chi connectivity index (χ2n) is 6.68. The van der Waals surface area contributed by atoms with Crippen molar-refractivity contribution in [3.8, 4) is 5.75 Å². The van der Waals surface area contributed by atoms with Crippen LogP contribution in [0.5, 0.6) is 5.75 Å². The van der Waals surface area contributed by atoms with Gasteiger partial charge in [0.1, 0.15) is 17.1 Å². The highest BCUT2D eigenvalue weighted by Crippen LogP contribution is 2.36. The van der Waals surface area contributed by atoms with Crippen molar-refractivity contribution in [2.24, 2.45) is 0 Å². The van der Waals surface area contributed by atoms with Gasteiger partial charge in [0, 0.05) is 19.2 Å². The maximum Gasteiger partial charge on any atom is 0.526 e. The van der Waals surface area contributed by atoms with E-state index in [9.17, 15) is 19.4 Å². The fourth-order valence-electron chi connectivity index (χ4n) is 2.78. The van der Waals surface area contributed by atoms with Crippen LogP contribution >= 0.6 is 0 Å². The fourth-order valence-corrected chi connectivity index (χ4v) is 2.78. The molecule has 146 valence electrons. The van der Waals surface area contributed by atoms with E-state index in [1.165, 1.54) is 19.9 Å². The topological polar surface area (TPSA) is 108 Å². The fraction of sp³-hybridized carbons (Fsp3) is 0.500. The zero-order chi connectivity index (χ0) is 20.1. The number of esters is 1. The molecule has 1 unspecified atom stereocenters. The average Bonchev–Trinajstić information content (AvgIpc) is 2.53. The van der Waals surface area contributed by atoms with E-state index in [0.717, 1.165) is 0 Å². The summed E-state index contributed by atoms with van der Waals surface area (Å²) >= 11 is 0. The Hall–Kier alpha value is -2.55. The number of carbonyl (C=O) groups excluding carboxylic acids is 3. The standard InChI is InChI=1S/C18H23BO8/c1-10(2)24-18(22)26-12(4)25-17(21)15-7-5-6-13-9-14(8-11(3)20)19(23)27-16(13)15/h5-7,10,12,14,23H,8-9H2,1-4H3/t12?,14-/m0/s1. The summed E-state index contributed by atoms with van der Waals surface area (Å²) in [6, 6.07) is 4.89. The predicted octanol–water partition coefficient (Wildman–Crippen LogP) is 2.52. The molecule has 0 bridgehead atoms. The molecular weight excluding hydrogens is 355 g/mol. The Balaban J connectivity index is 2.08. The molecule has 0 amide bonds. The quantitative estimate of drug-likeness (QED) is 0.457. The smallest absolute Gasteiger partial charge is 0.526 e. The summed E-state index contributed by atoms with van der Waals surface area (Å²) in [6.07, 6.45) is -1.90. The average molecular weight is 378 g/mol. The van der Waals surface area contributed by atoms with Crippen LogP contribution in [0.25, 0.3) is 0 Å². The van der Waals surface area contributed by atoms with E-state index < -0.39 is 25.5 Å². The summed E-state index contributed by atoms with van der Waals surface area (Å²) in [6.45, 7) is 6.15. The van der Waals surface area contributed by atoms with Crippen molar-refractivity contribution >= 4 is 25.0 Å². The Kier molecular flexibility index (Phi) is 6.84. The van der Waals surface area contributed by atoms with E-state index in [0.29, 0.717) is 12.0 Å². The molecule has 0 aliphatic carbocycles. The van der Waals surface area contributed by atoms with Crippen molar-refractivity contribution in [3.63, 3.8) is 0 Å². The highest BCUT2D eigenvalue weighted by Gasteiger charge is 2.37. The molecule has 0 aromatic heterocycles. The van der Waals surface area contributed by atoms with Gasteiger partial charge in [0.15, 0.2) is 0 Å². The first-order valence-corrected chi connectivity index (χ1v) is 8.71. The summed E-state index contributed by atoms with van der Waals surface area (Å²) < 4.78 is 20.3. The van der Waals surface area contributed by atoms with Crippen LogP contribution in [0.1, 0.15) is 50.0 Å². The summed E-state index contributed by atoms with van der Waals surface area (Å²) in [7, 11) is -1.20. The van der Waals surface area contributed by atoms with Crippen molar-refractivity contribution in [2.45, 2.75) is 58.7 Å². The van der Waals surface area contributed by atoms with Gasteiger partial charge in [-0.05, 0) is 38.8 Å². The summed E-state index contributed by atoms with van der Waals surface area (Å²) in [5.41, 5.74) is 0.786. The highest BCUT2D eigenvalue weighted by atomic mass is 16.8. The van der Waals surface area contributed by atoms with Gasteiger partial charge < -0.3 is 28.7 Å². The molecule has 1 N–H and O–H groups in total. The van der Waals surface area contributed by atoms with Crippen molar-refractivity contribution < 1.29 is 38.3 Å². The van der Waals surface area contributed by atoms with Gasteiger partial charge in [0.25, 0.3) is 0 Å². The second kappa shape index (κ2) is 8.90. The van der Waals surface area contributed by atoms with Crippen LogP contribution in [0, 0.1) is 0 Å². The molecule has 1 aromatic rings. The third-order valence-corrected chi connectivity index (χ3v) is 3.86. The second-order valence-corrected chi connectivity index (χ2v) is 6.68. The number of hydrogen-bond donors (Lipinski definition) is 1. The number of Topliss-reactive ketones (excluding diaryl/α,β-unsaturated/α-hetero) is 1. The first-order valence-electron chi connectivity index (χ1n) is 8.71. The first kappa shape index (κ1) is 20.8. The molecule has 0 fully saturated rings. The highest BCUT2D eigenvalue weighted by molar-refractivity contribution is 6.46. The number of hydrogen-bond acceptors (Lipinski definition) is 8. The normalized spacial score (nSPS) is 16.8. The van der Waals surface area contributed by atoms with E-state index in [-0.39, 0.29) is 35.4 Å². The zero-order valence-electron chi connectivity index (χ0n) is 15.8.